The highest BCUT2D eigenvalue weighted by molar-refractivity contribution is 5.42. The van der Waals surface area contributed by atoms with Crippen LogP contribution in [0.4, 0.5) is 11.9 Å². The molecule has 0 spiro atoms. The molecule has 3 heterocycles. The van der Waals surface area contributed by atoms with Crippen LogP contribution in [0.1, 0.15) is 39.0 Å². The molecule has 2 aliphatic rings. The van der Waals surface area contributed by atoms with Gasteiger partial charge in [-0.3, -0.25) is 5.43 Å². The lowest BCUT2D eigenvalue weighted by molar-refractivity contribution is 0.125. The first kappa shape index (κ1) is 14.3. The summed E-state index contributed by atoms with van der Waals surface area (Å²) in [5.41, 5.74) is 2.46. The van der Waals surface area contributed by atoms with E-state index in [0.29, 0.717) is 24.5 Å². The number of nitrogens with one attached hydrogen (secondary N) is 1. The summed E-state index contributed by atoms with van der Waals surface area (Å²) in [6.45, 7) is 2.58. The van der Waals surface area contributed by atoms with Crippen LogP contribution in [-0.4, -0.2) is 44.9 Å². The molecule has 2 bridgehead atoms. The summed E-state index contributed by atoms with van der Waals surface area (Å²) in [6.07, 6.45) is 4.31. The fraction of sp³-hybridized carbons (Fsp3) is 0.769. The van der Waals surface area contributed by atoms with E-state index in [1.165, 1.54) is 0 Å². The van der Waals surface area contributed by atoms with Crippen LogP contribution < -0.4 is 20.9 Å². The summed E-state index contributed by atoms with van der Waals surface area (Å²) >= 11 is 0. The lowest BCUT2D eigenvalue weighted by atomic mass is 10.0. The van der Waals surface area contributed by atoms with Crippen molar-refractivity contribution in [2.24, 2.45) is 5.84 Å². The van der Waals surface area contributed by atoms with Crippen LogP contribution >= 0.6 is 0 Å². The van der Waals surface area contributed by atoms with Crippen molar-refractivity contribution in [3.8, 4) is 6.01 Å². The maximum Gasteiger partial charge on any atom is 0.323 e. The van der Waals surface area contributed by atoms with Gasteiger partial charge >= 0.3 is 6.01 Å². The molecule has 21 heavy (non-hydrogen) atoms. The van der Waals surface area contributed by atoms with Crippen LogP contribution in [0.3, 0.4) is 0 Å². The Balaban J connectivity index is 1.87. The molecule has 2 atom stereocenters. The maximum absolute atomic E-state index is 9.89. The number of aliphatic hydroxyl groups excluding tert-OH is 1. The lowest BCUT2D eigenvalue weighted by Crippen LogP contribution is -2.45. The SMILES string of the molecule is CCCOc1nc(NN)nc(N2C3CCC2CC(O)C3)n1. The van der Waals surface area contributed by atoms with Crippen molar-refractivity contribution in [3.05, 3.63) is 0 Å². The number of fused-ring (bicyclic) bond motifs is 2. The van der Waals surface area contributed by atoms with Crippen LogP contribution in [-0.2, 0) is 0 Å². The van der Waals surface area contributed by atoms with Gasteiger partial charge in [-0.25, -0.2) is 5.84 Å². The minimum atomic E-state index is -0.219. The highest BCUT2D eigenvalue weighted by Crippen LogP contribution is 2.38. The zero-order valence-corrected chi connectivity index (χ0v) is 12.2. The summed E-state index contributed by atoms with van der Waals surface area (Å²) < 4.78 is 5.51. The zero-order valence-electron chi connectivity index (χ0n) is 12.2. The number of ether oxygens (including phenoxy) is 1. The second kappa shape index (κ2) is 5.98. The van der Waals surface area contributed by atoms with Gasteiger partial charge in [0.2, 0.25) is 11.9 Å². The molecule has 0 aromatic carbocycles. The van der Waals surface area contributed by atoms with Crippen molar-refractivity contribution >= 4 is 11.9 Å². The second-order valence-electron chi connectivity index (χ2n) is 5.65. The van der Waals surface area contributed by atoms with Gasteiger partial charge < -0.3 is 14.7 Å². The van der Waals surface area contributed by atoms with Gasteiger partial charge in [0.15, 0.2) is 0 Å². The first-order chi connectivity index (χ1) is 10.2. The van der Waals surface area contributed by atoms with Crippen molar-refractivity contribution in [1.82, 2.24) is 15.0 Å². The lowest BCUT2D eigenvalue weighted by Gasteiger charge is -2.37. The van der Waals surface area contributed by atoms with E-state index in [1.807, 2.05) is 6.92 Å². The molecule has 4 N–H and O–H groups in total. The summed E-state index contributed by atoms with van der Waals surface area (Å²) in [4.78, 5) is 15.1. The highest BCUT2D eigenvalue weighted by Gasteiger charge is 2.41. The van der Waals surface area contributed by atoms with E-state index >= 15 is 0 Å². The molecular formula is C13H22N6O2. The van der Waals surface area contributed by atoms with Crippen LogP contribution in [0.2, 0.25) is 0 Å². The molecule has 2 saturated heterocycles. The standard InChI is InChI=1S/C13H22N6O2/c1-2-5-21-13-16-11(18-14)15-12(17-13)19-8-3-4-9(19)7-10(20)6-8/h8-10,20H,2-7,14H2,1H3,(H,15,16,17,18). The molecule has 0 saturated carbocycles. The number of aliphatic hydroxyl groups is 1. The number of rotatable bonds is 5. The molecule has 3 rings (SSSR count). The van der Waals surface area contributed by atoms with Crippen LogP contribution in [0.5, 0.6) is 6.01 Å². The fourth-order valence-electron chi connectivity index (χ4n) is 3.26. The van der Waals surface area contributed by atoms with Crippen LogP contribution in [0.15, 0.2) is 0 Å². The monoisotopic (exact) mass is 294 g/mol. The fourth-order valence-corrected chi connectivity index (χ4v) is 3.26. The molecule has 0 radical (unpaired) electrons. The number of aromatic nitrogens is 3. The van der Waals surface area contributed by atoms with Gasteiger partial charge in [0.05, 0.1) is 12.7 Å². The van der Waals surface area contributed by atoms with Crippen molar-refractivity contribution in [2.75, 3.05) is 16.9 Å². The number of hydrazine groups is 1. The van der Waals surface area contributed by atoms with E-state index in [2.05, 4.69) is 25.3 Å². The Bertz CT molecular complexity index is 486. The number of hydrogen-bond acceptors (Lipinski definition) is 8. The number of anilines is 2. The van der Waals surface area contributed by atoms with Crippen LogP contribution in [0.25, 0.3) is 0 Å². The van der Waals surface area contributed by atoms with Gasteiger partial charge in [0.1, 0.15) is 0 Å². The molecule has 8 nitrogen and oxygen atoms in total. The van der Waals surface area contributed by atoms with E-state index in [9.17, 15) is 5.11 Å². The molecule has 0 aliphatic carbocycles. The molecule has 0 amide bonds. The van der Waals surface area contributed by atoms with Gasteiger partial charge in [0, 0.05) is 12.1 Å². The number of nitrogens with two attached hydrogens (primary N) is 1. The number of piperidine rings is 1. The Morgan fingerprint density at radius 1 is 1.29 bits per heavy atom. The Morgan fingerprint density at radius 2 is 2.00 bits per heavy atom. The zero-order chi connectivity index (χ0) is 14.8. The second-order valence-corrected chi connectivity index (χ2v) is 5.65. The van der Waals surface area contributed by atoms with E-state index in [4.69, 9.17) is 10.6 Å². The average molecular weight is 294 g/mol. The topological polar surface area (TPSA) is 109 Å². The number of nitrogen functional groups attached to an aromatic ring is 1. The quantitative estimate of drug-likeness (QED) is 0.530. The molecule has 1 aromatic rings. The molecule has 2 aliphatic heterocycles. The molecule has 2 unspecified atom stereocenters. The summed E-state index contributed by atoms with van der Waals surface area (Å²) in [5.74, 6) is 6.32. The molecular weight excluding hydrogens is 272 g/mol. The van der Waals surface area contributed by atoms with E-state index in [-0.39, 0.29) is 18.2 Å². The molecule has 116 valence electrons. The van der Waals surface area contributed by atoms with Crippen molar-refractivity contribution in [1.29, 1.82) is 0 Å². The normalized spacial score (nSPS) is 27.8. The molecule has 8 heteroatoms. The minimum absolute atomic E-state index is 0.219. The average Bonchev–Trinajstić information content (AvgIpc) is 2.76. The van der Waals surface area contributed by atoms with Gasteiger partial charge in [-0.15, -0.1) is 0 Å². The predicted octanol–water partition coefficient (Wildman–Crippen LogP) is 0.438. The largest absolute Gasteiger partial charge is 0.463 e. The van der Waals surface area contributed by atoms with Gasteiger partial charge in [-0.05, 0) is 32.1 Å². The summed E-state index contributed by atoms with van der Waals surface area (Å²) in [7, 11) is 0. The minimum Gasteiger partial charge on any atom is -0.463 e. The third-order valence-corrected chi connectivity index (χ3v) is 4.11. The van der Waals surface area contributed by atoms with Crippen LogP contribution in [0, 0.1) is 0 Å². The van der Waals surface area contributed by atoms with Gasteiger partial charge in [-0.1, -0.05) is 6.92 Å². The Morgan fingerprint density at radius 3 is 2.62 bits per heavy atom. The maximum atomic E-state index is 9.89. The van der Waals surface area contributed by atoms with Gasteiger partial charge in [-0.2, -0.15) is 15.0 Å². The Kier molecular flexibility index (Phi) is 4.07. The summed E-state index contributed by atoms with van der Waals surface area (Å²) in [5, 5.41) is 9.89. The summed E-state index contributed by atoms with van der Waals surface area (Å²) in [6, 6.07) is 0.858. The third kappa shape index (κ3) is 2.86. The molecule has 2 fully saturated rings. The first-order valence-electron chi connectivity index (χ1n) is 7.53. The van der Waals surface area contributed by atoms with E-state index < -0.39 is 0 Å². The smallest absolute Gasteiger partial charge is 0.323 e. The molecule has 1 aromatic heterocycles. The van der Waals surface area contributed by atoms with E-state index in [1.54, 1.807) is 0 Å². The number of nitrogens with zero attached hydrogens (tertiary/aromatic N) is 4. The van der Waals surface area contributed by atoms with Gasteiger partial charge in [0.25, 0.3) is 0 Å². The first-order valence-corrected chi connectivity index (χ1v) is 7.53. The predicted molar refractivity (Wildman–Crippen MR) is 78.0 cm³/mol. The van der Waals surface area contributed by atoms with E-state index in [0.717, 1.165) is 32.1 Å². The Labute approximate surface area is 123 Å². The number of hydrogen-bond donors (Lipinski definition) is 3. The Hall–Kier alpha value is -1.67. The highest BCUT2D eigenvalue weighted by atomic mass is 16.5. The van der Waals surface area contributed by atoms with Crippen molar-refractivity contribution in [3.63, 3.8) is 0 Å². The third-order valence-electron chi connectivity index (χ3n) is 4.11. The van der Waals surface area contributed by atoms with Crippen molar-refractivity contribution in [2.45, 2.75) is 57.2 Å². The van der Waals surface area contributed by atoms with Crippen molar-refractivity contribution < 1.29 is 9.84 Å².